The van der Waals surface area contributed by atoms with Crippen molar-refractivity contribution < 1.29 is 18.0 Å². The third-order valence-electron chi connectivity index (χ3n) is 2.54. The maximum atomic E-state index is 5.26. The lowest BCUT2D eigenvalue weighted by molar-refractivity contribution is 0.212. The summed E-state index contributed by atoms with van der Waals surface area (Å²) in [5.41, 5.74) is 0.953. The minimum atomic E-state index is -3.28. The Bertz CT molecular complexity index is 522. The Labute approximate surface area is 120 Å². The van der Waals surface area contributed by atoms with E-state index in [1.54, 1.807) is 7.11 Å². The predicted molar refractivity (Wildman–Crippen MR) is 77.0 cm³/mol. The molecule has 0 fully saturated rings. The largest absolute Gasteiger partial charge is 0.725 e. The summed E-state index contributed by atoms with van der Waals surface area (Å²) in [5, 5.41) is 0. The lowest BCUT2D eigenvalue weighted by Crippen LogP contribution is -2.42. The zero-order valence-electron chi connectivity index (χ0n) is 11.1. The van der Waals surface area contributed by atoms with Gasteiger partial charge in [-0.1, -0.05) is 37.5 Å². The van der Waals surface area contributed by atoms with Crippen LogP contribution < -0.4 is 4.74 Å². The first-order valence-corrected chi connectivity index (χ1v) is 7.67. The van der Waals surface area contributed by atoms with Gasteiger partial charge in [0.15, 0.2) is 0 Å². The van der Waals surface area contributed by atoms with E-state index in [4.69, 9.17) is 37.3 Å². The minimum Gasteiger partial charge on any atom is -0.496 e. The van der Waals surface area contributed by atoms with E-state index in [0.717, 1.165) is 11.3 Å². The number of benzene rings is 1. The van der Waals surface area contributed by atoms with Gasteiger partial charge in [0.05, 0.1) is 31.5 Å². The Morgan fingerprint density at radius 1 is 1.00 bits per heavy atom. The van der Waals surface area contributed by atoms with Gasteiger partial charge in [0.25, 0.3) is 0 Å². The third kappa shape index (κ3) is 3.92. The summed E-state index contributed by atoms with van der Waals surface area (Å²) < 4.78 is 20.6. The van der Waals surface area contributed by atoms with Crippen LogP contribution in [-0.2, 0) is 19.7 Å². The summed E-state index contributed by atoms with van der Waals surface area (Å²) in [4.78, 5) is 0. The Balaban J connectivity index is 2.88. The number of hydrogen-bond acceptors (Lipinski definition) is 4. The van der Waals surface area contributed by atoms with Crippen molar-refractivity contribution in [2.45, 2.75) is 12.5 Å². The number of terminal acetylenes is 3. The van der Waals surface area contributed by atoms with Crippen LogP contribution in [0.15, 0.2) is 24.3 Å². The number of rotatable bonds is 7. The second kappa shape index (κ2) is 7.69. The molecule has 0 unspecified atom stereocenters. The van der Waals surface area contributed by atoms with Gasteiger partial charge in [-0.15, -0.1) is 0 Å². The number of hydrogen-bond donors (Lipinski definition) is 0. The minimum absolute atomic E-state index is 0.339. The highest BCUT2D eigenvalue weighted by Crippen LogP contribution is 2.23. The molecular formula is C15H14O4Si. The molecule has 4 nitrogen and oxygen atoms in total. The van der Waals surface area contributed by atoms with Gasteiger partial charge in [0.1, 0.15) is 5.75 Å². The first kappa shape index (κ1) is 15.4. The zero-order valence-corrected chi connectivity index (χ0v) is 12.1. The second-order valence-electron chi connectivity index (χ2n) is 3.65. The molecule has 0 spiro atoms. The van der Waals surface area contributed by atoms with E-state index < -0.39 is 8.80 Å². The maximum Gasteiger partial charge on any atom is 0.725 e. The summed E-state index contributed by atoms with van der Waals surface area (Å²) >= 11 is 0. The topological polar surface area (TPSA) is 36.9 Å². The quantitative estimate of drug-likeness (QED) is 0.567. The van der Waals surface area contributed by atoms with Crippen molar-refractivity contribution in [2.75, 3.05) is 7.11 Å². The van der Waals surface area contributed by atoms with Crippen LogP contribution in [0.3, 0.4) is 0 Å². The van der Waals surface area contributed by atoms with Gasteiger partial charge in [-0.3, -0.25) is 0 Å². The summed E-state index contributed by atoms with van der Waals surface area (Å²) in [7, 11) is -1.68. The molecule has 102 valence electrons. The first-order chi connectivity index (χ1) is 9.71. The van der Waals surface area contributed by atoms with Crippen molar-refractivity contribution in [2.24, 2.45) is 0 Å². The van der Waals surface area contributed by atoms with E-state index in [2.05, 4.69) is 0 Å². The van der Waals surface area contributed by atoms with E-state index in [0.29, 0.717) is 12.5 Å². The number of ether oxygens (including phenoxy) is 1. The van der Waals surface area contributed by atoms with Gasteiger partial charge in [-0.05, 0) is 18.1 Å². The van der Waals surface area contributed by atoms with Crippen molar-refractivity contribution in [3.63, 3.8) is 0 Å². The highest BCUT2D eigenvalue weighted by molar-refractivity contribution is 6.61. The molecule has 20 heavy (non-hydrogen) atoms. The molecule has 5 heteroatoms. The van der Waals surface area contributed by atoms with E-state index in [1.807, 2.05) is 42.6 Å². The number of methoxy groups -OCH3 is 1. The molecule has 0 heterocycles. The average Bonchev–Trinajstić information content (AvgIpc) is 2.46. The molecule has 0 N–H and O–H groups in total. The van der Waals surface area contributed by atoms with Gasteiger partial charge in [-0.25, -0.2) is 0 Å². The highest BCUT2D eigenvalue weighted by Gasteiger charge is 2.48. The van der Waals surface area contributed by atoms with Gasteiger partial charge in [0.2, 0.25) is 0 Å². The van der Waals surface area contributed by atoms with Crippen molar-refractivity contribution >= 4 is 8.80 Å². The van der Waals surface area contributed by atoms with Crippen LogP contribution in [-0.4, -0.2) is 15.9 Å². The molecule has 0 aliphatic rings. The zero-order chi connectivity index (χ0) is 14.8. The van der Waals surface area contributed by atoms with Gasteiger partial charge in [-0.2, -0.15) is 0 Å². The normalized spacial score (nSPS) is 9.50. The van der Waals surface area contributed by atoms with Crippen LogP contribution in [0, 0.1) is 37.6 Å². The van der Waals surface area contributed by atoms with Crippen molar-refractivity contribution in [3.8, 4) is 43.3 Å². The van der Waals surface area contributed by atoms with Crippen molar-refractivity contribution in [1.29, 1.82) is 0 Å². The monoisotopic (exact) mass is 286 g/mol. The number of para-hydroxylation sites is 1. The fourth-order valence-electron chi connectivity index (χ4n) is 1.68. The van der Waals surface area contributed by atoms with Crippen LogP contribution in [0.25, 0.3) is 0 Å². The Kier molecular flexibility index (Phi) is 5.91. The first-order valence-electron chi connectivity index (χ1n) is 5.74. The lowest BCUT2D eigenvalue weighted by Gasteiger charge is -2.21. The molecule has 1 rings (SSSR count). The Morgan fingerprint density at radius 2 is 1.55 bits per heavy atom. The molecule has 0 saturated heterocycles. The average molecular weight is 286 g/mol. The van der Waals surface area contributed by atoms with Crippen LogP contribution in [0.2, 0.25) is 6.04 Å². The van der Waals surface area contributed by atoms with E-state index in [-0.39, 0.29) is 0 Å². The van der Waals surface area contributed by atoms with Crippen LogP contribution in [0.4, 0.5) is 0 Å². The molecule has 1 aromatic carbocycles. The van der Waals surface area contributed by atoms with E-state index >= 15 is 0 Å². The van der Waals surface area contributed by atoms with E-state index in [1.165, 1.54) is 0 Å². The molecule has 0 saturated carbocycles. The molecule has 0 atom stereocenters. The fraction of sp³-hybridized carbons (Fsp3) is 0.200. The summed E-state index contributed by atoms with van der Waals surface area (Å²) in [6, 6.07) is 7.88. The second-order valence-corrected chi connectivity index (χ2v) is 6.13. The van der Waals surface area contributed by atoms with Crippen LogP contribution >= 0.6 is 0 Å². The molecule has 0 aromatic heterocycles. The molecular weight excluding hydrogens is 272 g/mol. The van der Waals surface area contributed by atoms with Gasteiger partial charge in [0, 0.05) is 0 Å². The molecule has 1 aromatic rings. The van der Waals surface area contributed by atoms with Crippen LogP contribution in [0.5, 0.6) is 5.75 Å². The fourth-order valence-corrected chi connectivity index (χ4v) is 3.23. The summed E-state index contributed by atoms with van der Waals surface area (Å²) in [5.74, 6) is 0.748. The molecule has 0 aliphatic heterocycles. The highest BCUT2D eigenvalue weighted by atomic mass is 28.4. The van der Waals surface area contributed by atoms with Crippen molar-refractivity contribution in [1.82, 2.24) is 0 Å². The van der Waals surface area contributed by atoms with Crippen LogP contribution in [0.1, 0.15) is 5.56 Å². The van der Waals surface area contributed by atoms with E-state index in [9.17, 15) is 0 Å². The Hall–Kier alpha value is -2.68. The summed E-state index contributed by atoms with van der Waals surface area (Å²) in [6.45, 7) is 0. The Morgan fingerprint density at radius 3 is 2.05 bits per heavy atom. The van der Waals surface area contributed by atoms with Gasteiger partial charge >= 0.3 is 8.80 Å². The van der Waals surface area contributed by atoms with Gasteiger partial charge < -0.3 is 18.0 Å². The van der Waals surface area contributed by atoms with Crippen molar-refractivity contribution in [3.05, 3.63) is 29.8 Å². The molecule has 0 aliphatic carbocycles. The smallest absolute Gasteiger partial charge is 0.496 e. The maximum absolute atomic E-state index is 5.26. The SMILES string of the molecule is C#CO[Si](CCc1ccccc1OC)(OC#C)OC#C. The predicted octanol–water partition coefficient (Wildman–Crippen LogP) is 2.00. The molecule has 0 amide bonds. The number of aryl methyl sites for hydroxylation is 1. The standard InChI is InChI=1S/C15H14O4Si/c1-5-17-20(18-6-2,19-7-3)13-12-14-10-8-9-11-15(14)16-4/h1-3,8-11H,12-13H2,4H3. The molecule has 0 radical (unpaired) electrons. The lowest BCUT2D eigenvalue weighted by atomic mass is 10.1. The summed E-state index contributed by atoms with van der Waals surface area (Å²) in [6.07, 6.45) is 22.1. The molecule has 0 bridgehead atoms. The third-order valence-corrected chi connectivity index (χ3v) is 4.69.